The molecule has 0 radical (unpaired) electrons. The average Bonchev–Trinajstić information content (AvgIpc) is 3.61. The number of hydrogen-bond donors (Lipinski definition) is 0. The highest BCUT2D eigenvalue weighted by Crippen LogP contribution is 2.35. The van der Waals surface area contributed by atoms with Crippen LogP contribution in [-0.4, -0.2) is 52.1 Å². The first-order chi connectivity index (χ1) is 18.0. The fourth-order valence-corrected chi connectivity index (χ4v) is 5.10. The highest BCUT2D eigenvalue weighted by molar-refractivity contribution is 6.25. The maximum atomic E-state index is 13.6. The number of hydrazone groups is 1. The third-order valence-corrected chi connectivity index (χ3v) is 6.97. The zero-order chi connectivity index (χ0) is 25.5. The van der Waals surface area contributed by atoms with Crippen LogP contribution in [0.25, 0.3) is 0 Å². The van der Waals surface area contributed by atoms with Crippen molar-refractivity contribution in [3.05, 3.63) is 102 Å². The number of carbonyl (C=O) groups excluding carboxylic acids is 3. The molecule has 184 valence electrons. The molecule has 0 aliphatic carbocycles. The molecule has 1 saturated heterocycles. The summed E-state index contributed by atoms with van der Waals surface area (Å²) >= 11 is 0. The number of carbonyl (C=O) groups is 3. The van der Waals surface area contributed by atoms with Gasteiger partial charge in [0, 0.05) is 6.42 Å². The fraction of sp³-hybridized carbons (Fsp3) is 0.214. The predicted molar refractivity (Wildman–Crippen MR) is 136 cm³/mol. The SMILES string of the molecule is Cc1ccccc1N1C(=O)[C@H]2N=NN(CC(=O)N3N=C(c4ccccc4)C[C@H]3c3ccccc3)[C@H]2C1=O. The van der Waals surface area contributed by atoms with Gasteiger partial charge in [0.15, 0.2) is 12.1 Å². The van der Waals surface area contributed by atoms with Gasteiger partial charge in [-0.2, -0.15) is 10.2 Å². The number of para-hydroxylation sites is 1. The van der Waals surface area contributed by atoms with E-state index < -0.39 is 23.9 Å². The van der Waals surface area contributed by atoms with E-state index in [9.17, 15) is 14.4 Å². The molecule has 1 fully saturated rings. The summed E-state index contributed by atoms with van der Waals surface area (Å²) in [5, 5.41) is 15.6. The predicted octanol–water partition coefficient (Wildman–Crippen LogP) is 3.67. The lowest BCUT2D eigenvalue weighted by Crippen LogP contribution is -2.44. The molecule has 3 aromatic rings. The van der Waals surface area contributed by atoms with E-state index in [4.69, 9.17) is 5.10 Å². The summed E-state index contributed by atoms with van der Waals surface area (Å²) in [6.07, 6.45) is 0.561. The monoisotopic (exact) mass is 492 g/mol. The van der Waals surface area contributed by atoms with Gasteiger partial charge in [-0.1, -0.05) is 84.1 Å². The zero-order valence-corrected chi connectivity index (χ0v) is 20.1. The number of amides is 3. The Bertz CT molecular complexity index is 1440. The molecule has 0 N–H and O–H groups in total. The highest BCUT2D eigenvalue weighted by Gasteiger charge is 2.55. The Balaban J connectivity index is 1.26. The van der Waals surface area contributed by atoms with Crippen molar-refractivity contribution in [2.45, 2.75) is 31.5 Å². The van der Waals surface area contributed by atoms with Crippen LogP contribution in [0.3, 0.4) is 0 Å². The van der Waals surface area contributed by atoms with Crippen molar-refractivity contribution in [1.82, 2.24) is 10.0 Å². The van der Waals surface area contributed by atoms with Crippen molar-refractivity contribution in [2.24, 2.45) is 15.4 Å². The molecule has 3 aliphatic rings. The first kappa shape index (κ1) is 22.8. The summed E-state index contributed by atoms with van der Waals surface area (Å²) in [7, 11) is 0. The van der Waals surface area contributed by atoms with Gasteiger partial charge in [-0.05, 0) is 29.7 Å². The van der Waals surface area contributed by atoms with Crippen LogP contribution in [0.5, 0.6) is 0 Å². The fourth-order valence-electron chi connectivity index (χ4n) is 5.10. The molecule has 3 atom stereocenters. The van der Waals surface area contributed by atoms with E-state index in [1.165, 1.54) is 10.0 Å². The van der Waals surface area contributed by atoms with E-state index in [1.54, 1.807) is 12.1 Å². The number of imide groups is 1. The minimum atomic E-state index is -0.966. The van der Waals surface area contributed by atoms with E-state index in [0.29, 0.717) is 12.1 Å². The van der Waals surface area contributed by atoms with E-state index in [2.05, 4.69) is 10.3 Å². The van der Waals surface area contributed by atoms with Crippen LogP contribution in [0.2, 0.25) is 0 Å². The van der Waals surface area contributed by atoms with Gasteiger partial charge in [-0.25, -0.2) is 9.91 Å². The van der Waals surface area contributed by atoms with Crippen LogP contribution >= 0.6 is 0 Å². The lowest BCUT2D eigenvalue weighted by Gasteiger charge is -2.25. The van der Waals surface area contributed by atoms with Crippen LogP contribution in [0.1, 0.15) is 29.2 Å². The van der Waals surface area contributed by atoms with Gasteiger partial charge >= 0.3 is 0 Å². The number of hydrogen-bond acceptors (Lipinski definition) is 7. The van der Waals surface area contributed by atoms with Crippen molar-refractivity contribution in [3.8, 4) is 0 Å². The average molecular weight is 493 g/mol. The van der Waals surface area contributed by atoms with Gasteiger partial charge in [-0.15, -0.1) is 0 Å². The third-order valence-electron chi connectivity index (χ3n) is 6.97. The lowest BCUT2D eigenvalue weighted by atomic mass is 9.98. The summed E-state index contributed by atoms with van der Waals surface area (Å²) in [6.45, 7) is 1.62. The van der Waals surface area contributed by atoms with Crippen molar-refractivity contribution in [3.63, 3.8) is 0 Å². The Kier molecular flexibility index (Phi) is 5.60. The van der Waals surface area contributed by atoms with E-state index >= 15 is 0 Å². The van der Waals surface area contributed by atoms with Crippen molar-refractivity contribution < 1.29 is 14.4 Å². The molecular formula is C28H24N6O3. The number of nitrogens with zero attached hydrogens (tertiary/aromatic N) is 6. The number of benzene rings is 3. The summed E-state index contributed by atoms with van der Waals surface area (Å²) in [5.41, 5.74) is 4.04. The van der Waals surface area contributed by atoms with Gasteiger partial charge in [-0.3, -0.25) is 19.4 Å². The van der Waals surface area contributed by atoms with Gasteiger partial charge in [0.05, 0.1) is 17.4 Å². The molecular weight excluding hydrogens is 468 g/mol. The largest absolute Gasteiger partial charge is 0.271 e. The lowest BCUT2D eigenvalue weighted by molar-refractivity contribution is -0.135. The van der Waals surface area contributed by atoms with Crippen molar-refractivity contribution >= 4 is 29.1 Å². The Morgan fingerprint density at radius 1 is 0.892 bits per heavy atom. The number of fused-ring (bicyclic) bond motifs is 1. The second-order valence-corrected chi connectivity index (χ2v) is 9.27. The van der Waals surface area contributed by atoms with Crippen LogP contribution in [0.15, 0.2) is 100 Å². The van der Waals surface area contributed by atoms with Gasteiger partial charge in [0.1, 0.15) is 6.54 Å². The van der Waals surface area contributed by atoms with Crippen molar-refractivity contribution in [1.29, 1.82) is 0 Å². The summed E-state index contributed by atoms with van der Waals surface area (Å²) in [6, 6.07) is 24.5. The first-order valence-corrected chi connectivity index (χ1v) is 12.1. The Labute approximate surface area is 213 Å². The summed E-state index contributed by atoms with van der Waals surface area (Å²) < 4.78 is 0. The molecule has 3 amide bonds. The van der Waals surface area contributed by atoms with Crippen LogP contribution in [0.4, 0.5) is 5.69 Å². The molecule has 6 rings (SSSR count). The molecule has 37 heavy (non-hydrogen) atoms. The first-order valence-electron chi connectivity index (χ1n) is 12.1. The molecule has 9 heteroatoms. The Morgan fingerprint density at radius 2 is 1.57 bits per heavy atom. The molecule has 0 unspecified atom stereocenters. The maximum absolute atomic E-state index is 13.6. The standard InChI is InChI=1S/C28H24N6O3/c1-18-10-8-9-15-22(18)33-27(36)25-26(28(33)37)32(31-29-25)17-24(35)34-23(20-13-6-3-7-14-20)16-21(30-34)19-11-4-2-5-12-19/h2-15,23,25-26H,16-17H2,1H3/t23-,25-,26+/m0/s1. The molecule has 3 aliphatic heterocycles. The van der Waals surface area contributed by atoms with Crippen LogP contribution < -0.4 is 4.90 Å². The summed E-state index contributed by atoms with van der Waals surface area (Å²) in [5.74, 6) is -1.19. The Hall–Kier alpha value is -4.66. The van der Waals surface area contributed by atoms with Gasteiger partial charge in [0.25, 0.3) is 17.7 Å². The third kappa shape index (κ3) is 3.88. The van der Waals surface area contributed by atoms with Gasteiger partial charge in [0.2, 0.25) is 0 Å². The van der Waals surface area contributed by atoms with Crippen LogP contribution in [0, 0.1) is 6.92 Å². The number of anilines is 1. The maximum Gasteiger partial charge on any atom is 0.264 e. The van der Waals surface area contributed by atoms with E-state index in [1.807, 2.05) is 79.7 Å². The quantitative estimate of drug-likeness (QED) is 0.508. The topological polar surface area (TPSA) is 98.0 Å². The smallest absolute Gasteiger partial charge is 0.264 e. The number of rotatable bonds is 5. The zero-order valence-electron chi connectivity index (χ0n) is 20.1. The van der Waals surface area contributed by atoms with Gasteiger partial charge < -0.3 is 0 Å². The van der Waals surface area contributed by atoms with Crippen LogP contribution in [-0.2, 0) is 14.4 Å². The molecule has 9 nitrogen and oxygen atoms in total. The molecule has 3 heterocycles. The van der Waals surface area contributed by atoms with Crippen molar-refractivity contribution in [2.75, 3.05) is 11.4 Å². The molecule has 0 saturated carbocycles. The highest BCUT2D eigenvalue weighted by atomic mass is 16.2. The molecule has 3 aromatic carbocycles. The minimum absolute atomic E-state index is 0.222. The second kappa shape index (κ2) is 9.09. The molecule has 0 bridgehead atoms. The second-order valence-electron chi connectivity index (χ2n) is 9.27. The van der Waals surface area contributed by atoms with E-state index in [-0.39, 0.29) is 18.5 Å². The molecule has 0 aromatic heterocycles. The van der Waals surface area contributed by atoms with E-state index in [0.717, 1.165) is 27.3 Å². The number of aryl methyl sites for hydroxylation is 1. The summed E-state index contributed by atoms with van der Waals surface area (Å²) in [4.78, 5) is 41.2. The Morgan fingerprint density at radius 3 is 2.30 bits per heavy atom. The normalized spacial score (nSPS) is 22.6. The molecule has 0 spiro atoms. The minimum Gasteiger partial charge on any atom is -0.271 e.